The van der Waals surface area contributed by atoms with Crippen LogP contribution in [0.4, 0.5) is 13.2 Å². The number of alkyl halides is 3. The van der Waals surface area contributed by atoms with Crippen LogP contribution in [0.5, 0.6) is 11.5 Å². The van der Waals surface area contributed by atoms with Gasteiger partial charge in [-0.25, -0.2) is 4.98 Å². The number of rotatable bonds is 5. The highest BCUT2D eigenvalue weighted by Gasteiger charge is 2.33. The smallest absolute Gasteiger partial charge is 0.417 e. The number of halogens is 3. The standard InChI is InChI=1S/C21H14F3N3O3.C4H10/c22-21(23,24)16-9-8-15(10-13(16)11-25)30-14-6-4-12(5-7-14)17-2-1-3-18(27-17)19(28)20(26)29;1-4(2)3/h1-10,19,28H,(H2,26,29);4H,1-3H3. The number of ether oxygens (including phenoxy) is 1. The summed E-state index contributed by atoms with van der Waals surface area (Å²) in [6, 6.07) is 15.6. The second-order valence-corrected chi connectivity index (χ2v) is 7.93. The largest absolute Gasteiger partial charge is 0.457 e. The predicted octanol–water partition coefficient (Wildman–Crippen LogP) is 5.61. The maximum absolute atomic E-state index is 12.9. The Kier molecular flexibility index (Phi) is 8.76. The summed E-state index contributed by atoms with van der Waals surface area (Å²) in [5.74, 6) is 0.324. The van der Waals surface area contributed by atoms with Crippen molar-refractivity contribution in [2.45, 2.75) is 33.1 Å². The number of aliphatic hydroxyl groups excluding tert-OH is 1. The van der Waals surface area contributed by atoms with Gasteiger partial charge in [0.05, 0.1) is 28.6 Å². The van der Waals surface area contributed by atoms with E-state index in [1.807, 2.05) is 0 Å². The fraction of sp³-hybridized carbons (Fsp3) is 0.240. The van der Waals surface area contributed by atoms with Crippen LogP contribution in [0.1, 0.15) is 43.7 Å². The number of aliphatic hydroxyl groups is 1. The fourth-order valence-corrected chi connectivity index (χ4v) is 2.67. The Labute approximate surface area is 195 Å². The molecule has 3 aromatic rings. The molecule has 3 rings (SSSR count). The van der Waals surface area contributed by atoms with Crippen molar-refractivity contribution >= 4 is 5.91 Å². The molecule has 178 valence electrons. The van der Waals surface area contributed by atoms with E-state index < -0.39 is 29.3 Å². The zero-order valence-electron chi connectivity index (χ0n) is 18.8. The van der Waals surface area contributed by atoms with Crippen LogP contribution in [0.2, 0.25) is 0 Å². The van der Waals surface area contributed by atoms with Crippen molar-refractivity contribution in [2.75, 3.05) is 0 Å². The maximum atomic E-state index is 12.9. The second kappa shape index (κ2) is 11.3. The second-order valence-electron chi connectivity index (χ2n) is 7.93. The normalized spacial score (nSPS) is 11.7. The number of hydrogen-bond acceptors (Lipinski definition) is 5. The van der Waals surface area contributed by atoms with Crippen molar-refractivity contribution in [3.63, 3.8) is 0 Å². The molecule has 0 aliphatic heterocycles. The molecular weight excluding hydrogens is 447 g/mol. The SMILES string of the molecule is CC(C)C.N#Cc1cc(Oc2ccc(-c3cccc(C(O)C(N)=O)n3)cc2)ccc1C(F)(F)F. The van der Waals surface area contributed by atoms with E-state index in [1.54, 1.807) is 36.4 Å². The minimum absolute atomic E-state index is 0.0806. The first kappa shape index (κ1) is 26.4. The first-order valence-electron chi connectivity index (χ1n) is 10.3. The van der Waals surface area contributed by atoms with Gasteiger partial charge < -0.3 is 15.6 Å². The Morgan fingerprint density at radius 3 is 2.18 bits per heavy atom. The van der Waals surface area contributed by atoms with Gasteiger partial charge in [0.2, 0.25) is 0 Å². The number of nitrogens with zero attached hydrogens (tertiary/aromatic N) is 2. The molecule has 2 aromatic carbocycles. The molecule has 0 fully saturated rings. The van der Waals surface area contributed by atoms with E-state index in [1.165, 1.54) is 12.1 Å². The van der Waals surface area contributed by atoms with Gasteiger partial charge in [-0.3, -0.25) is 4.79 Å². The van der Waals surface area contributed by atoms with E-state index in [9.17, 15) is 23.1 Å². The van der Waals surface area contributed by atoms with Gasteiger partial charge in [-0.2, -0.15) is 18.4 Å². The molecule has 1 aromatic heterocycles. The molecule has 0 bridgehead atoms. The summed E-state index contributed by atoms with van der Waals surface area (Å²) in [5.41, 5.74) is 4.73. The average molecular weight is 471 g/mol. The van der Waals surface area contributed by atoms with Crippen molar-refractivity contribution in [1.29, 1.82) is 5.26 Å². The molecule has 0 saturated heterocycles. The van der Waals surface area contributed by atoms with Crippen LogP contribution >= 0.6 is 0 Å². The number of primary amides is 1. The third-order valence-electron chi connectivity index (χ3n) is 4.12. The highest BCUT2D eigenvalue weighted by Crippen LogP contribution is 2.34. The molecule has 0 aliphatic rings. The van der Waals surface area contributed by atoms with Crippen LogP contribution in [-0.2, 0) is 11.0 Å². The molecule has 1 amide bonds. The molecule has 34 heavy (non-hydrogen) atoms. The summed E-state index contributed by atoms with van der Waals surface area (Å²) < 4.78 is 44.2. The van der Waals surface area contributed by atoms with E-state index in [4.69, 9.17) is 15.7 Å². The molecule has 0 saturated carbocycles. The Hall–Kier alpha value is -3.90. The number of benzene rings is 2. The summed E-state index contributed by atoms with van der Waals surface area (Å²) >= 11 is 0. The molecule has 0 aliphatic carbocycles. The lowest BCUT2D eigenvalue weighted by molar-refractivity contribution is -0.137. The Morgan fingerprint density at radius 2 is 1.65 bits per heavy atom. The summed E-state index contributed by atoms with van der Waals surface area (Å²) in [6.07, 6.45) is -6.16. The van der Waals surface area contributed by atoms with Gasteiger partial charge in [-0.15, -0.1) is 0 Å². The van der Waals surface area contributed by atoms with Crippen molar-refractivity contribution < 1.29 is 27.8 Å². The molecule has 0 spiro atoms. The van der Waals surface area contributed by atoms with E-state index in [2.05, 4.69) is 25.8 Å². The number of carbonyl (C=O) groups excluding carboxylic acids is 1. The number of hydrogen-bond donors (Lipinski definition) is 2. The minimum atomic E-state index is -4.63. The third-order valence-corrected chi connectivity index (χ3v) is 4.12. The highest BCUT2D eigenvalue weighted by molar-refractivity contribution is 5.79. The minimum Gasteiger partial charge on any atom is -0.457 e. The highest BCUT2D eigenvalue weighted by atomic mass is 19.4. The molecular formula is C25H24F3N3O3. The van der Waals surface area contributed by atoms with E-state index in [0.29, 0.717) is 17.0 Å². The summed E-state index contributed by atoms with van der Waals surface area (Å²) in [4.78, 5) is 15.3. The summed E-state index contributed by atoms with van der Waals surface area (Å²) in [6.45, 7) is 6.50. The number of pyridine rings is 1. The number of aromatic nitrogens is 1. The lowest BCUT2D eigenvalue weighted by Crippen LogP contribution is -2.21. The lowest BCUT2D eigenvalue weighted by atomic mass is 10.1. The van der Waals surface area contributed by atoms with Crippen molar-refractivity contribution in [3.05, 3.63) is 77.5 Å². The molecule has 9 heteroatoms. The lowest BCUT2D eigenvalue weighted by Gasteiger charge is -2.12. The summed E-state index contributed by atoms with van der Waals surface area (Å²) in [7, 11) is 0. The van der Waals surface area contributed by atoms with Crippen LogP contribution in [0.15, 0.2) is 60.7 Å². The van der Waals surface area contributed by atoms with Crippen LogP contribution in [0.25, 0.3) is 11.3 Å². The first-order valence-corrected chi connectivity index (χ1v) is 10.3. The van der Waals surface area contributed by atoms with Gasteiger partial charge >= 0.3 is 6.18 Å². The average Bonchev–Trinajstić information content (AvgIpc) is 2.78. The van der Waals surface area contributed by atoms with Crippen LogP contribution in [0, 0.1) is 17.2 Å². The van der Waals surface area contributed by atoms with E-state index >= 15 is 0 Å². The molecule has 3 N–H and O–H groups in total. The molecule has 6 nitrogen and oxygen atoms in total. The molecule has 1 unspecified atom stereocenters. The molecule has 0 radical (unpaired) electrons. The van der Waals surface area contributed by atoms with Gasteiger partial charge in [0.15, 0.2) is 6.10 Å². The van der Waals surface area contributed by atoms with Gasteiger partial charge in [-0.05, 0) is 60.5 Å². The van der Waals surface area contributed by atoms with Crippen molar-refractivity contribution in [1.82, 2.24) is 4.98 Å². The fourth-order valence-electron chi connectivity index (χ4n) is 2.67. The number of carbonyl (C=O) groups is 1. The van der Waals surface area contributed by atoms with E-state index in [-0.39, 0.29) is 11.4 Å². The molecule has 1 heterocycles. The Bertz CT molecular complexity index is 1170. The van der Waals surface area contributed by atoms with Crippen molar-refractivity contribution in [3.8, 4) is 28.8 Å². The molecule has 1 atom stereocenters. The van der Waals surface area contributed by atoms with Gasteiger partial charge in [-0.1, -0.05) is 26.8 Å². The zero-order chi connectivity index (χ0) is 25.5. The third kappa shape index (κ3) is 7.32. The summed E-state index contributed by atoms with van der Waals surface area (Å²) in [5, 5.41) is 18.7. The Balaban J connectivity index is 0.000000945. The first-order chi connectivity index (χ1) is 15.9. The van der Waals surface area contributed by atoms with Crippen LogP contribution in [-0.4, -0.2) is 16.0 Å². The monoisotopic (exact) mass is 471 g/mol. The van der Waals surface area contributed by atoms with Gasteiger partial charge in [0.25, 0.3) is 5.91 Å². The topological polar surface area (TPSA) is 109 Å². The quantitative estimate of drug-likeness (QED) is 0.503. The maximum Gasteiger partial charge on any atom is 0.417 e. The predicted molar refractivity (Wildman–Crippen MR) is 121 cm³/mol. The Morgan fingerprint density at radius 1 is 1.06 bits per heavy atom. The van der Waals surface area contributed by atoms with Crippen molar-refractivity contribution in [2.24, 2.45) is 11.7 Å². The van der Waals surface area contributed by atoms with Crippen LogP contribution in [0.3, 0.4) is 0 Å². The van der Waals surface area contributed by atoms with Gasteiger partial charge in [0.1, 0.15) is 11.5 Å². The number of nitriles is 1. The van der Waals surface area contributed by atoms with E-state index in [0.717, 1.165) is 24.1 Å². The zero-order valence-corrected chi connectivity index (χ0v) is 18.8. The number of nitrogens with two attached hydrogens (primary N) is 1. The van der Waals surface area contributed by atoms with Gasteiger partial charge in [0, 0.05) is 5.56 Å². The van der Waals surface area contributed by atoms with Crippen LogP contribution < -0.4 is 10.5 Å². The number of amides is 1.